The summed E-state index contributed by atoms with van der Waals surface area (Å²) in [7, 11) is 4.64. The fourth-order valence-electron chi connectivity index (χ4n) is 9.42. The molecule has 6 heteroatoms. The number of benzene rings is 2. The van der Waals surface area contributed by atoms with E-state index < -0.39 is 0 Å². The van der Waals surface area contributed by atoms with E-state index in [1.807, 2.05) is 17.3 Å². The maximum Gasteiger partial charge on any atom is 0.0745 e. The molecule has 2 aromatic carbocycles. The van der Waals surface area contributed by atoms with Crippen LogP contribution in [0.5, 0.6) is 0 Å². The van der Waals surface area contributed by atoms with E-state index in [1.165, 1.54) is 163 Å². The summed E-state index contributed by atoms with van der Waals surface area (Å²) in [5.41, 5.74) is 9.83. The van der Waals surface area contributed by atoms with Crippen LogP contribution in [0.25, 0.3) is 21.8 Å². The maximum atomic E-state index is 7.50. The first kappa shape index (κ1) is 36.9. The van der Waals surface area contributed by atoms with E-state index in [2.05, 4.69) is 58.8 Å². The van der Waals surface area contributed by atoms with Gasteiger partial charge in [-0.25, -0.2) is 4.98 Å². The number of halogens is 1. The molecule has 0 unspecified atom stereocenters. The smallest absolute Gasteiger partial charge is 0.0745 e. The fraction of sp³-hybridized carbons (Fsp3) is 0.650. The van der Waals surface area contributed by atoms with Crippen LogP contribution in [0.4, 0.5) is 0 Å². The molecule has 4 aliphatic carbocycles. The average Bonchev–Trinajstić information content (AvgIpc) is 3.15. The molecule has 1 aromatic heterocycles. The van der Waals surface area contributed by atoms with Crippen molar-refractivity contribution < 1.29 is 22.0 Å². The van der Waals surface area contributed by atoms with Crippen molar-refractivity contribution in [2.75, 3.05) is 0 Å². The predicted octanol–water partition coefficient (Wildman–Crippen LogP) is 13.3. The number of hydrogen-bond acceptors (Lipinski definition) is 1. The summed E-state index contributed by atoms with van der Waals surface area (Å²) in [4.78, 5) is 5.68. The zero-order chi connectivity index (χ0) is 32.1. The molecule has 0 spiro atoms. The van der Waals surface area contributed by atoms with Crippen LogP contribution in [0, 0.1) is 6.65 Å². The molecule has 46 heavy (non-hydrogen) atoms. The van der Waals surface area contributed by atoms with Crippen LogP contribution in [0.3, 0.4) is 0 Å². The predicted molar refractivity (Wildman–Crippen MR) is 198 cm³/mol. The minimum Gasteiger partial charge on any atom is -0.247 e. The van der Waals surface area contributed by atoms with Crippen molar-refractivity contribution in [1.82, 2.24) is 4.98 Å². The maximum absolute atomic E-state index is 7.50. The molecule has 0 radical (unpaired) electrons. The molecule has 4 aliphatic rings. The molecule has 0 saturated heterocycles. The van der Waals surface area contributed by atoms with E-state index in [0.717, 1.165) is 22.6 Å². The van der Waals surface area contributed by atoms with E-state index in [4.69, 9.17) is 9.64 Å². The largest absolute Gasteiger partial charge is 0.247 e. The van der Waals surface area contributed by atoms with E-state index in [9.17, 15) is 0 Å². The van der Waals surface area contributed by atoms with E-state index in [-0.39, 0.29) is 15.8 Å². The van der Waals surface area contributed by atoms with E-state index >= 15 is 0 Å². The zero-order valence-corrected chi connectivity index (χ0v) is 32.2. The molecule has 3 aromatic rings. The number of fused-ring (bicyclic) bond motifs is 2. The van der Waals surface area contributed by atoms with Crippen LogP contribution in [-0.2, 0) is 34.3 Å². The second-order valence-corrected chi connectivity index (χ2v) is 20.1. The molecular formula is C40H55ClNOP2Ru. The second kappa shape index (κ2) is 19.7. The van der Waals surface area contributed by atoms with Crippen molar-refractivity contribution in [2.24, 2.45) is 0 Å². The van der Waals surface area contributed by atoms with Crippen LogP contribution >= 0.6 is 25.5 Å². The SMILES string of the molecule is [C-]#[O+].[Cl][Ru].c1cc(CP(C2CCCCC2)C2CCCCC2)c2nc3c(CP(C4CCCCC4)C4CCCCC4)cccc3cc2c1. The van der Waals surface area contributed by atoms with Gasteiger partial charge in [-0.3, -0.25) is 0 Å². The Balaban J connectivity index is 0.00000100. The summed E-state index contributed by atoms with van der Waals surface area (Å²) in [5, 5.41) is 2.75. The summed E-state index contributed by atoms with van der Waals surface area (Å²) >= 11 is 1.82. The Morgan fingerprint density at radius 2 is 0.848 bits per heavy atom. The van der Waals surface area contributed by atoms with Crippen molar-refractivity contribution >= 4 is 47.3 Å². The van der Waals surface area contributed by atoms with E-state index in [0.29, 0.717) is 0 Å². The number of pyridine rings is 1. The Morgan fingerprint density at radius 3 is 1.15 bits per heavy atom. The molecule has 2 nitrogen and oxygen atoms in total. The van der Waals surface area contributed by atoms with Gasteiger partial charge in [-0.05, 0) is 104 Å². The van der Waals surface area contributed by atoms with Gasteiger partial charge in [0.05, 0.1) is 11.0 Å². The van der Waals surface area contributed by atoms with Gasteiger partial charge in [0, 0.05) is 10.8 Å². The Hall–Kier alpha value is -0.377. The standard InChI is InChI=1S/C39H55NP2.CO.ClH.Ru/c1-5-19-34(20-6-1)41(35-21-7-2-8-22-35)28-32-17-13-15-30-27-31-16-14-18-33(39(31)40-38(30)32)29-42(36-23-9-3-10-24-36)37-25-11-4-12-26-37;1-2;;/h13-18,27,34-37H,1-12,19-26,28-29H2;;1H;/q;;;+1/p-1. The minimum absolute atomic E-state index is 0.0343. The first-order valence-corrected chi connectivity index (χ1v) is 24.1. The van der Waals surface area contributed by atoms with Crippen LogP contribution in [-0.4, -0.2) is 27.6 Å². The van der Waals surface area contributed by atoms with Crippen LogP contribution in [0.1, 0.15) is 140 Å². The van der Waals surface area contributed by atoms with Crippen molar-refractivity contribution in [3.8, 4) is 0 Å². The van der Waals surface area contributed by atoms with Gasteiger partial charge >= 0.3 is 38.3 Å². The quantitative estimate of drug-likeness (QED) is 0.0739. The molecule has 0 bridgehead atoms. The molecule has 0 N–H and O–H groups in total. The first-order valence-electron chi connectivity index (χ1n) is 18.5. The minimum atomic E-state index is 0.0343. The number of nitrogens with zero attached hydrogens (tertiary/aromatic N) is 1. The first-order chi connectivity index (χ1) is 22.8. The van der Waals surface area contributed by atoms with Crippen LogP contribution in [0.2, 0.25) is 0 Å². The van der Waals surface area contributed by atoms with Gasteiger partial charge in [0.2, 0.25) is 0 Å². The fourth-order valence-corrected chi connectivity index (χ4v) is 17.1. The van der Waals surface area contributed by atoms with Crippen molar-refractivity contribution in [2.45, 2.75) is 163 Å². The normalized spacial score (nSPS) is 20.7. The number of rotatable bonds is 8. The van der Waals surface area contributed by atoms with Crippen molar-refractivity contribution in [3.63, 3.8) is 0 Å². The number of hydrogen-bond donors (Lipinski definition) is 0. The van der Waals surface area contributed by atoms with Gasteiger partial charge in [-0.1, -0.05) is 129 Å². The van der Waals surface area contributed by atoms with Gasteiger partial charge in [0.25, 0.3) is 0 Å². The Labute approximate surface area is 296 Å². The van der Waals surface area contributed by atoms with Gasteiger partial charge in [-0.15, -0.1) is 0 Å². The molecule has 1 heterocycles. The van der Waals surface area contributed by atoms with Gasteiger partial charge in [0.15, 0.2) is 0 Å². The third-order valence-electron chi connectivity index (χ3n) is 11.7. The topological polar surface area (TPSA) is 32.8 Å². The Kier molecular flexibility index (Phi) is 15.8. The van der Waals surface area contributed by atoms with Crippen molar-refractivity contribution in [1.29, 1.82) is 0 Å². The molecular weight excluding hydrogens is 709 g/mol. The molecule has 7 rings (SSSR count). The van der Waals surface area contributed by atoms with Crippen LogP contribution < -0.4 is 0 Å². The van der Waals surface area contributed by atoms with Crippen LogP contribution in [0.15, 0.2) is 42.5 Å². The molecule has 251 valence electrons. The van der Waals surface area contributed by atoms with Gasteiger partial charge < -0.3 is 0 Å². The number of para-hydroxylation sites is 2. The van der Waals surface area contributed by atoms with E-state index in [1.54, 1.807) is 11.1 Å². The van der Waals surface area contributed by atoms with Crippen molar-refractivity contribution in [3.05, 3.63) is 60.2 Å². The second-order valence-electron chi connectivity index (χ2n) is 14.5. The monoisotopic (exact) mass is 764 g/mol. The van der Waals surface area contributed by atoms with Gasteiger partial charge in [0.1, 0.15) is 0 Å². The molecule has 4 fully saturated rings. The summed E-state index contributed by atoms with van der Waals surface area (Å²) in [6.45, 7) is 4.50. The zero-order valence-electron chi connectivity index (χ0n) is 27.9. The summed E-state index contributed by atoms with van der Waals surface area (Å²) in [6.07, 6.45) is 32.3. The third kappa shape index (κ3) is 9.44. The Bertz CT molecular complexity index is 1230. The molecule has 0 atom stereocenters. The number of aromatic nitrogens is 1. The summed E-state index contributed by atoms with van der Waals surface area (Å²) in [6, 6.07) is 16.8. The molecule has 0 amide bonds. The molecule has 4 saturated carbocycles. The third-order valence-corrected chi connectivity index (χ3v) is 18.9. The van der Waals surface area contributed by atoms with Gasteiger partial charge in [-0.2, -0.15) is 0 Å². The average molecular weight is 764 g/mol. The molecule has 0 aliphatic heterocycles. The summed E-state index contributed by atoms with van der Waals surface area (Å²) < 4.78 is 7.50. The summed E-state index contributed by atoms with van der Waals surface area (Å²) in [5.74, 6) is 0. The Morgan fingerprint density at radius 1 is 0.543 bits per heavy atom.